The van der Waals surface area contributed by atoms with Gasteiger partial charge in [0.1, 0.15) is 13.2 Å². The minimum absolute atomic E-state index is 0.0433. The van der Waals surface area contributed by atoms with Gasteiger partial charge in [0.2, 0.25) is 5.91 Å². The van der Waals surface area contributed by atoms with Gasteiger partial charge in [0.05, 0.1) is 64.5 Å². The molecule has 0 saturated carbocycles. The number of ether oxygens (including phenoxy) is 7. The smallest absolute Gasteiger partial charge is 0.272 e. The largest absolute Gasteiger partial charge is 0.493 e. The van der Waals surface area contributed by atoms with Crippen LogP contribution < -0.4 is 39.1 Å². The maximum atomic E-state index is 14.3. The summed E-state index contributed by atoms with van der Waals surface area (Å²) < 4.78 is 41.9. The van der Waals surface area contributed by atoms with Crippen molar-refractivity contribution < 1.29 is 57.1 Å². The number of methoxy groups -OCH3 is 3. The molecule has 0 spiro atoms. The van der Waals surface area contributed by atoms with Crippen LogP contribution in [0.4, 0.5) is 22.7 Å². The first kappa shape index (κ1) is 57.9. The third-order valence-electron chi connectivity index (χ3n) is 14.8. The quantitative estimate of drug-likeness (QED) is 0.0298. The van der Waals surface area contributed by atoms with Gasteiger partial charge in [-0.2, -0.15) is 5.01 Å². The van der Waals surface area contributed by atoms with E-state index >= 15 is 0 Å². The Balaban J connectivity index is 0.908. The third kappa shape index (κ3) is 13.3. The highest BCUT2D eigenvalue weighted by molar-refractivity contribution is 8.77. The van der Waals surface area contributed by atoms with Crippen molar-refractivity contribution in [2.24, 2.45) is 4.99 Å². The summed E-state index contributed by atoms with van der Waals surface area (Å²) >= 11 is 0. The fourth-order valence-electron chi connectivity index (χ4n) is 10.9. The number of aryl methyl sites for hydroxylation is 1. The highest BCUT2D eigenvalue weighted by Crippen LogP contribution is 2.44. The zero-order valence-electron chi connectivity index (χ0n) is 46.8. The van der Waals surface area contributed by atoms with Gasteiger partial charge < -0.3 is 43.0 Å². The number of imide groups is 1. The molecule has 10 rings (SSSR count). The van der Waals surface area contributed by atoms with Crippen LogP contribution in [0, 0.1) is 0 Å². The maximum Gasteiger partial charge on any atom is 0.272 e. The van der Waals surface area contributed by atoms with Crippen LogP contribution in [0.3, 0.4) is 0 Å². The third-order valence-corrected chi connectivity index (χ3v) is 18.2. The number of aliphatic imine (C=N–C) groups is 1. The number of hydrogen-bond donors (Lipinski definition) is 1. The Morgan fingerprint density at radius 3 is 2.02 bits per heavy atom. The molecule has 18 nitrogen and oxygen atoms in total. The monoisotopic (exact) mass is 1150 g/mol. The van der Waals surface area contributed by atoms with Gasteiger partial charge >= 0.3 is 0 Å². The molecule has 0 unspecified atom stereocenters. The van der Waals surface area contributed by atoms with Crippen molar-refractivity contribution in [2.45, 2.75) is 82.4 Å². The van der Waals surface area contributed by atoms with Crippen LogP contribution in [-0.2, 0) is 61.1 Å². The van der Waals surface area contributed by atoms with Gasteiger partial charge in [-0.3, -0.25) is 39.3 Å². The van der Waals surface area contributed by atoms with Crippen molar-refractivity contribution in [3.63, 3.8) is 0 Å². The van der Waals surface area contributed by atoms with Crippen molar-refractivity contribution >= 4 is 80.1 Å². The van der Waals surface area contributed by atoms with Gasteiger partial charge in [0.15, 0.2) is 23.0 Å². The molecule has 20 heteroatoms. The van der Waals surface area contributed by atoms with Crippen LogP contribution in [0.1, 0.15) is 81.6 Å². The van der Waals surface area contributed by atoms with E-state index in [2.05, 4.69) is 42.4 Å². The van der Waals surface area contributed by atoms with Gasteiger partial charge in [0, 0.05) is 96.6 Å². The predicted octanol–water partition coefficient (Wildman–Crippen LogP) is 9.05. The fourth-order valence-corrected chi connectivity index (χ4v) is 13.5. The summed E-state index contributed by atoms with van der Waals surface area (Å²) in [5.41, 5.74) is 11.5. The average Bonchev–Trinajstić information content (AvgIpc) is 3.00. The summed E-state index contributed by atoms with van der Waals surface area (Å²) in [5, 5.41) is 0.723. The van der Waals surface area contributed by atoms with Crippen molar-refractivity contribution in [1.29, 1.82) is 0 Å². The number of anilines is 3. The highest BCUT2D eigenvalue weighted by Gasteiger charge is 2.39. The number of nitrogens with zero attached hydrogens (tertiary/aromatic N) is 5. The summed E-state index contributed by atoms with van der Waals surface area (Å²) in [6, 6.07) is 29.4. The molecule has 1 N–H and O–H groups in total. The molecule has 0 fully saturated rings. The normalized spacial score (nSPS) is 16.7. The average molecular weight is 1150 g/mol. The summed E-state index contributed by atoms with van der Waals surface area (Å²) in [5.74, 6) is 0.674. The number of benzene rings is 5. The first-order valence-corrected chi connectivity index (χ1v) is 29.9. The molecule has 5 aliphatic heterocycles. The Morgan fingerprint density at radius 1 is 0.707 bits per heavy atom. The Labute approximate surface area is 485 Å². The van der Waals surface area contributed by atoms with Gasteiger partial charge in [-0.1, -0.05) is 58.0 Å². The molecule has 5 aliphatic rings. The van der Waals surface area contributed by atoms with E-state index in [0.29, 0.717) is 111 Å². The van der Waals surface area contributed by atoms with Crippen LogP contribution in [-0.4, -0.2) is 131 Å². The number of hydrazine groups is 1. The van der Waals surface area contributed by atoms with Crippen molar-refractivity contribution in [2.75, 3.05) is 87.9 Å². The Kier molecular flexibility index (Phi) is 18.5. The van der Waals surface area contributed by atoms with E-state index in [4.69, 9.17) is 38.2 Å². The van der Waals surface area contributed by atoms with E-state index in [1.165, 1.54) is 5.56 Å². The lowest BCUT2D eigenvalue weighted by Gasteiger charge is -2.34. The number of amides is 5. The zero-order chi connectivity index (χ0) is 57.3. The molecule has 430 valence electrons. The van der Waals surface area contributed by atoms with Gasteiger partial charge in [-0.15, -0.1) is 0 Å². The SMILES string of the molecule is COCCOCCOCCN(CC(C)(C)SSCCCC(=O)NN1C(=O)C=CC1=O)c1cc(COc2cc3c(cc2OC)C(=O)N2c4ccccc4C[C@H]2CC3)cc(COc2cc3c(cc2OC)C(=O)N2c4ccccc4C[C@H]2C=N3)c1. The van der Waals surface area contributed by atoms with E-state index in [-0.39, 0.29) is 48.3 Å². The Bertz CT molecular complexity index is 3260. The summed E-state index contributed by atoms with van der Waals surface area (Å²) in [7, 11) is 8.12. The van der Waals surface area contributed by atoms with Crippen molar-refractivity contribution in [1.82, 2.24) is 10.4 Å². The van der Waals surface area contributed by atoms with E-state index in [0.717, 1.165) is 69.3 Å². The number of rotatable bonds is 27. The molecule has 2 atom stereocenters. The number of carbonyl (C=O) groups excluding carboxylic acids is 5. The molecule has 0 saturated heterocycles. The summed E-state index contributed by atoms with van der Waals surface area (Å²) in [6.45, 7) is 7.86. The Hall–Kier alpha value is -7.36. The molecule has 5 aromatic carbocycles. The second-order valence-electron chi connectivity index (χ2n) is 21.1. The van der Waals surface area contributed by atoms with Crippen LogP contribution >= 0.6 is 21.6 Å². The molecule has 5 aromatic rings. The van der Waals surface area contributed by atoms with E-state index in [1.54, 1.807) is 59.9 Å². The summed E-state index contributed by atoms with van der Waals surface area (Å²) in [6.07, 6.45) is 7.75. The van der Waals surface area contributed by atoms with Gasteiger partial charge in [-0.25, -0.2) is 0 Å². The Morgan fingerprint density at radius 2 is 1.33 bits per heavy atom. The first-order valence-electron chi connectivity index (χ1n) is 27.6. The fraction of sp³-hybridized carbons (Fsp3) is 0.387. The number of fused-ring (bicyclic) bond motifs is 8. The lowest BCUT2D eigenvalue weighted by Crippen LogP contribution is -2.45. The maximum absolute atomic E-state index is 14.3. The summed E-state index contributed by atoms with van der Waals surface area (Å²) in [4.78, 5) is 76.1. The number of carbonyl (C=O) groups is 5. The molecule has 0 aromatic heterocycles. The second-order valence-corrected chi connectivity index (χ2v) is 24.2. The van der Waals surface area contributed by atoms with Crippen LogP contribution in [0.5, 0.6) is 23.0 Å². The van der Waals surface area contributed by atoms with Crippen molar-refractivity contribution in [3.05, 3.63) is 142 Å². The predicted molar refractivity (Wildman–Crippen MR) is 317 cm³/mol. The number of para-hydroxylation sites is 2. The standard InChI is InChI=1S/C62H68N6O12S2/c1-62(2,82-81-26-10-15-57(69)64-68-58(70)18-19-59(68)71)39-65(20-21-77-24-25-78-23-22-74-3)46-28-40(37-79-55-32-42-16-17-45-30-43-11-6-8-13-51(43)66(45)60(72)48(42)33-53(55)75-4)27-41(29-46)38-80-56-35-50-49(34-54(56)76-5)61(73)67-47(36-63-50)31-44-12-7-9-14-52(44)67/h6-9,11-14,18-19,27-29,32-36,45,47H,10,15-17,20-26,30-31,37-39H2,1-5H3,(H,64,69)/t45-,47+/m1/s1. The second kappa shape index (κ2) is 26.3. The molecule has 82 heavy (non-hydrogen) atoms. The number of nitrogens with one attached hydrogen (secondary N) is 1. The molecule has 0 radical (unpaired) electrons. The number of hydrogen-bond acceptors (Lipinski definition) is 16. The molecule has 5 heterocycles. The van der Waals surface area contributed by atoms with Gasteiger partial charge in [-0.05, 0) is 116 Å². The zero-order valence-corrected chi connectivity index (χ0v) is 48.4. The lowest BCUT2D eigenvalue weighted by molar-refractivity contribution is -0.146. The van der Waals surface area contributed by atoms with Gasteiger partial charge in [0.25, 0.3) is 23.6 Å². The molecular weight excluding hydrogens is 1080 g/mol. The van der Waals surface area contributed by atoms with Crippen molar-refractivity contribution in [3.8, 4) is 23.0 Å². The highest BCUT2D eigenvalue weighted by atomic mass is 33.1. The van der Waals surface area contributed by atoms with E-state index in [1.807, 2.05) is 71.8 Å². The lowest BCUT2D eigenvalue weighted by atomic mass is 9.99. The van der Waals surface area contributed by atoms with Crippen LogP contribution in [0.2, 0.25) is 0 Å². The molecule has 0 aliphatic carbocycles. The topological polar surface area (TPSA) is 187 Å². The molecule has 5 amide bonds. The minimum Gasteiger partial charge on any atom is -0.493 e. The minimum atomic E-state index is -0.573. The van der Waals surface area contributed by atoms with Crippen LogP contribution in [0.25, 0.3) is 0 Å². The van der Waals surface area contributed by atoms with Crippen LogP contribution in [0.15, 0.2) is 108 Å². The molecule has 0 bridgehead atoms. The first-order chi connectivity index (χ1) is 39.8. The molecular formula is C62H68N6O12S2. The van der Waals surface area contributed by atoms with E-state index in [9.17, 15) is 24.0 Å². The van der Waals surface area contributed by atoms with E-state index < -0.39 is 17.7 Å².